The van der Waals surface area contributed by atoms with Crippen LogP contribution in [0.3, 0.4) is 0 Å². The Hall–Kier alpha value is -1.94. The van der Waals surface area contributed by atoms with Crippen LogP contribution in [0.2, 0.25) is 0 Å². The van der Waals surface area contributed by atoms with E-state index in [1.807, 2.05) is 0 Å². The molecule has 0 fully saturated rings. The van der Waals surface area contributed by atoms with Gasteiger partial charge in [-0.1, -0.05) is 369 Å². The molecule has 0 amide bonds. The number of unbranched alkanes of at least 4 members (excludes halogenated alkanes) is 49. The van der Waals surface area contributed by atoms with Crippen LogP contribution in [0, 0.1) is 11.8 Å². The molecule has 0 radical (unpaired) electrons. The SMILES string of the molecule is CCCCCCCCCCCCCCCCCCCCCCC(=O)O[C@H](COC(=O)CCCCCCCCCCCCCCCCCC(C)C)COP(=O)(O)OC[C@@H](O)COP(=O)(O)OC[C@@H](COC(=O)CCCCCCCCCC)OC(=O)CCCCCCCCCCCCC(C)C. The zero-order chi connectivity index (χ0) is 72.8. The highest BCUT2D eigenvalue weighted by molar-refractivity contribution is 7.47. The third-order valence-electron chi connectivity index (χ3n) is 18.7. The lowest BCUT2D eigenvalue weighted by molar-refractivity contribution is -0.161. The number of carbonyl (C=O) groups is 4. The molecule has 0 spiro atoms. The molecular formula is C80H156O17P2. The number of ether oxygens (including phenoxy) is 4. The molecular weight excluding hydrogens is 1290 g/mol. The Balaban J connectivity index is 5.19. The van der Waals surface area contributed by atoms with Crippen molar-refractivity contribution in [3.63, 3.8) is 0 Å². The third-order valence-corrected chi connectivity index (χ3v) is 20.6. The summed E-state index contributed by atoms with van der Waals surface area (Å²) in [7, 11) is -9.91. The largest absolute Gasteiger partial charge is 0.472 e. The molecule has 588 valence electrons. The molecule has 0 aromatic carbocycles. The Labute approximate surface area is 607 Å². The van der Waals surface area contributed by atoms with Crippen LogP contribution in [0.5, 0.6) is 0 Å². The van der Waals surface area contributed by atoms with Gasteiger partial charge in [0, 0.05) is 25.7 Å². The molecule has 0 saturated heterocycles. The predicted molar refractivity (Wildman–Crippen MR) is 405 cm³/mol. The highest BCUT2D eigenvalue weighted by Gasteiger charge is 2.30. The maximum atomic E-state index is 13.1. The third kappa shape index (κ3) is 74.1. The van der Waals surface area contributed by atoms with Crippen LogP contribution >= 0.6 is 15.6 Å². The van der Waals surface area contributed by atoms with Gasteiger partial charge in [0.25, 0.3) is 0 Å². The zero-order valence-electron chi connectivity index (χ0n) is 64.8. The van der Waals surface area contributed by atoms with Gasteiger partial charge < -0.3 is 33.8 Å². The Morgan fingerprint density at radius 2 is 0.465 bits per heavy atom. The maximum absolute atomic E-state index is 13.1. The van der Waals surface area contributed by atoms with Crippen molar-refractivity contribution in [1.29, 1.82) is 0 Å². The summed E-state index contributed by atoms with van der Waals surface area (Å²) in [5.41, 5.74) is 0. The van der Waals surface area contributed by atoms with Gasteiger partial charge in [0.05, 0.1) is 26.4 Å². The summed E-state index contributed by atoms with van der Waals surface area (Å²) in [5.74, 6) is -0.555. The highest BCUT2D eigenvalue weighted by Crippen LogP contribution is 2.45. The van der Waals surface area contributed by atoms with Crippen molar-refractivity contribution in [2.75, 3.05) is 39.6 Å². The summed E-state index contributed by atoms with van der Waals surface area (Å²) in [6, 6.07) is 0. The van der Waals surface area contributed by atoms with Crippen molar-refractivity contribution in [3.05, 3.63) is 0 Å². The van der Waals surface area contributed by atoms with Crippen LogP contribution in [0.4, 0.5) is 0 Å². The number of hydrogen-bond acceptors (Lipinski definition) is 15. The number of carbonyl (C=O) groups excluding carboxylic acids is 4. The van der Waals surface area contributed by atoms with Crippen molar-refractivity contribution in [2.45, 2.75) is 439 Å². The van der Waals surface area contributed by atoms with E-state index in [0.29, 0.717) is 25.7 Å². The van der Waals surface area contributed by atoms with E-state index in [1.54, 1.807) is 0 Å². The zero-order valence-corrected chi connectivity index (χ0v) is 66.6. The Bertz CT molecular complexity index is 1910. The quantitative estimate of drug-likeness (QED) is 0.0222. The summed E-state index contributed by atoms with van der Waals surface area (Å²) >= 11 is 0. The van der Waals surface area contributed by atoms with Gasteiger partial charge in [0.1, 0.15) is 19.3 Å². The lowest BCUT2D eigenvalue weighted by Gasteiger charge is -2.21. The Morgan fingerprint density at radius 1 is 0.273 bits per heavy atom. The first-order chi connectivity index (χ1) is 47.9. The lowest BCUT2D eigenvalue weighted by atomic mass is 10.0. The number of rotatable bonds is 79. The number of aliphatic hydroxyl groups excluding tert-OH is 1. The van der Waals surface area contributed by atoms with Crippen molar-refractivity contribution in [2.24, 2.45) is 11.8 Å². The van der Waals surface area contributed by atoms with Gasteiger partial charge in [-0.05, 0) is 37.5 Å². The van der Waals surface area contributed by atoms with E-state index in [9.17, 15) is 43.2 Å². The van der Waals surface area contributed by atoms with Gasteiger partial charge in [-0.15, -0.1) is 0 Å². The summed E-state index contributed by atoms with van der Waals surface area (Å²) in [6.07, 6.45) is 61.2. The minimum Gasteiger partial charge on any atom is -0.462 e. The fourth-order valence-electron chi connectivity index (χ4n) is 12.4. The monoisotopic (exact) mass is 1450 g/mol. The molecule has 0 aromatic rings. The maximum Gasteiger partial charge on any atom is 0.472 e. The normalized spacial score (nSPS) is 13.9. The molecule has 2 unspecified atom stereocenters. The smallest absolute Gasteiger partial charge is 0.462 e. The molecule has 0 aromatic heterocycles. The van der Waals surface area contributed by atoms with E-state index in [4.69, 9.17) is 37.0 Å². The second kappa shape index (κ2) is 71.7. The van der Waals surface area contributed by atoms with Gasteiger partial charge in [0.2, 0.25) is 0 Å². The van der Waals surface area contributed by atoms with Gasteiger partial charge in [-0.25, -0.2) is 9.13 Å². The first-order valence-electron chi connectivity index (χ1n) is 41.5. The van der Waals surface area contributed by atoms with E-state index in [2.05, 4.69) is 41.5 Å². The molecule has 0 aliphatic rings. The first kappa shape index (κ1) is 97.1. The molecule has 0 saturated carbocycles. The summed E-state index contributed by atoms with van der Waals surface area (Å²) in [6.45, 7) is 9.61. The van der Waals surface area contributed by atoms with Crippen molar-refractivity contribution < 1.29 is 80.2 Å². The molecule has 0 rings (SSSR count). The number of esters is 4. The number of phosphoric ester groups is 2. The van der Waals surface area contributed by atoms with E-state index >= 15 is 0 Å². The van der Waals surface area contributed by atoms with Crippen LogP contribution in [-0.2, 0) is 65.4 Å². The van der Waals surface area contributed by atoms with E-state index < -0.39 is 97.5 Å². The fourth-order valence-corrected chi connectivity index (χ4v) is 13.9. The lowest BCUT2D eigenvalue weighted by Crippen LogP contribution is -2.30. The van der Waals surface area contributed by atoms with Crippen molar-refractivity contribution >= 4 is 39.5 Å². The Morgan fingerprint density at radius 3 is 0.687 bits per heavy atom. The molecule has 3 N–H and O–H groups in total. The molecule has 99 heavy (non-hydrogen) atoms. The molecule has 0 aliphatic carbocycles. The van der Waals surface area contributed by atoms with Crippen LogP contribution in [0.25, 0.3) is 0 Å². The van der Waals surface area contributed by atoms with Gasteiger partial charge >= 0.3 is 39.5 Å². The van der Waals surface area contributed by atoms with E-state index in [-0.39, 0.29) is 25.7 Å². The molecule has 0 bridgehead atoms. The summed E-state index contributed by atoms with van der Waals surface area (Å²) in [4.78, 5) is 72.9. The Kier molecular flexibility index (Phi) is 70.3. The summed E-state index contributed by atoms with van der Waals surface area (Å²) in [5, 5.41) is 10.6. The van der Waals surface area contributed by atoms with Gasteiger partial charge in [0.15, 0.2) is 12.2 Å². The number of aliphatic hydroxyl groups is 1. The van der Waals surface area contributed by atoms with Crippen LogP contribution < -0.4 is 0 Å². The molecule has 19 heteroatoms. The minimum absolute atomic E-state index is 0.106. The molecule has 0 aliphatic heterocycles. The van der Waals surface area contributed by atoms with E-state index in [1.165, 1.54) is 231 Å². The van der Waals surface area contributed by atoms with Crippen molar-refractivity contribution in [1.82, 2.24) is 0 Å². The molecule has 0 heterocycles. The average molecular weight is 1450 g/mol. The van der Waals surface area contributed by atoms with Crippen LogP contribution in [0.15, 0.2) is 0 Å². The standard InChI is InChI=1S/C80H156O17P2/c1-7-9-11-13-15-17-18-19-20-21-22-23-24-27-31-34-40-46-52-58-64-79(84)97-76(69-91-78(83)63-57-51-45-39-33-30-28-25-26-29-32-37-42-48-54-60-72(3)4)71-95-99(88,89)93-67-74(81)66-92-98(86,87)94-70-75(68-90-77(82)62-56-50-44-16-14-12-10-8-2)96-80(85)65-59-53-47-41-36-35-38-43-49-55-61-73(5)6/h72-76,81H,7-71H2,1-6H3,(H,86,87)(H,88,89)/t74-,75+,76+/m0/s1. The summed E-state index contributed by atoms with van der Waals surface area (Å²) < 4.78 is 68.6. The molecule has 5 atom stereocenters. The van der Waals surface area contributed by atoms with Crippen LogP contribution in [0.1, 0.15) is 420 Å². The first-order valence-corrected chi connectivity index (χ1v) is 44.5. The minimum atomic E-state index is -4.96. The van der Waals surface area contributed by atoms with Crippen LogP contribution in [-0.4, -0.2) is 96.7 Å². The van der Waals surface area contributed by atoms with Gasteiger partial charge in [-0.3, -0.25) is 37.3 Å². The van der Waals surface area contributed by atoms with E-state index in [0.717, 1.165) is 108 Å². The topological polar surface area (TPSA) is 237 Å². The molecule has 17 nitrogen and oxygen atoms in total. The fraction of sp³-hybridized carbons (Fsp3) is 0.950. The second-order valence-electron chi connectivity index (χ2n) is 29.8. The van der Waals surface area contributed by atoms with Gasteiger partial charge in [-0.2, -0.15) is 0 Å². The number of phosphoric acid groups is 2. The number of hydrogen-bond donors (Lipinski definition) is 3. The average Bonchev–Trinajstić information content (AvgIpc) is 0.968. The highest BCUT2D eigenvalue weighted by atomic mass is 31.2. The predicted octanol–water partition coefficient (Wildman–Crippen LogP) is 23.9. The van der Waals surface area contributed by atoms with Crippen molar-refractivity contribution in [3.8, 4) is 0 Å². The second-order valence-corrected chi connectivity index (χ2v) is 32.7.